The number of hydrogen-bond acceptors (Lipinski definition) is 5. The molecule has 0 atom stereocenters. The van der Waals surface area contributed by atoms with Crippen LogP contribution in [0.4, 0.5) is 8.78 Å². The molecule has 7 nitrogen and oxygen atoms in total. The van der Waals surface area contributed by atoms with Gasteiger partial charge in [-0.05, 0) is 36.8 Å². The lowest BCUT2D eigenvalue weighted by atomic mass is 10.0. The molecule has 0 aliphatic rings. The molecule has 9 heteroatoms. The van der Waals surface area contributed by atoms with Gasteiger partial charge in [0.05, 0.1) is 12.1 Å². The van der Waals surface area contributed by atoms with Crippen LogP contribution in [0.1, 0.15) is 11.1 Å². The maximum Gasteiger partial charge on any atom is 0.251 e. The second-order valence-electron chi connectivity index (χ2n) is 6.81. The Kier molecular flexibility index (Phi) is 4.09. The molecule has 0 saturated carbocycles. The van der Waals surface area contributed by atoms with Gasteiger partial charge in [0.25, 0.3) is 5.56 Å². The van der Waals surface area contributed by atoms with E-state index < -0.39 is 17.2 Å². The fraction of sp³-hybridized carbons (Fsp3) is 0.0952. The van der Waals surface area contributed by atoms with Gasteiger partial charge in [0.1, 0.15) is 5.82 Å². The smallest absolute Gasteiger partial charge is 0.251 e. The number of nitrogens with one attached hydrogen (secondary N) is 1. The maximum atomic E-state index is 14.4. The molecule has 0 spiro atoms. The predicted molar refractivity (Wildman–Crippen MR) is 107 cm³/mol. The number of nitrogens with zero attached hydrogens (tertiary/aromatic N) is 5. The first kappa shape index (κ1) is 18.0. The highest BCUT2D eigenvalue weighted by Crippen LogP contribution is 2.27. The van der Waals surface area contributed by atoms with Gasteiger partial charge in [0.15, 0.2) is 22.9 Å². The first-order chi connectivity index (χ1) is 14.5. The molecule has 5 aromatic rings. The lowest BCUT2D eigenvalue weighted by Crippen LogP contribution is -2.16. The normalized spacial score (nSPS) is 11.4. The molecule has 30 heavy (non-hydrogen) atoms. The molecule has 0 aliphatic heterocycles. The summed E-state index contributed by atoms with van der Waals surface area (Å²) in [5, 5.41) is 0.411. The molecular weight excluding hydrogens is 390 g/mol. The lowest BCUT2D eigenvalue weighted by molar-refractivity contribution is 0.515. The molecular formula is C21H14F2N6O. The van der Waals surface area contributed by atoms with E-state index in [-0.39, 0.29) is 12.1 Å². The standard InChI is InChI=1S/C21H14F2N6O/c1-11-14(13-4-5-15(22)16(23)17(13)27-21(11)30)10-29-19(12-3-2-6-24-9-12)28-18-20(29)26-8-7-25-18/h2-9H,10H2,1H3,(H,27,30). The summed E-state index contributed by atoms with van der Waals surface area (Å²) in [6.45, 7) is 1.81. The molecule has 4 heterocycles. The van der Waals surface area contributed by atoms with E-state index in [9.17, 15) is 13.6 Å². The zero-order valence-corrected chi connectivity index (χ0v) is 15.7. The van der Waals surface area contributed by atoms with Crippen LogP contribution in [-0.4, -0.2) is 29.5 Å². The number of benzene rings is 1. The Labute approximate surface area is 168 Å². The van der Waals surface area contributed by atoms with Crippen molar-refractivity contribution in [2.24, 2.45) is 0 Å². The summed E-state index contributed by atoms with van der Waals surface area (Å²) >= 11 is 0. The Morgan fingerprint density at radius 3 is 2.73 bits per heavy atom. The molecule has 0 saturated heterocycles. The first-order valence-electron chi connectivity index (χ1n) is 9.11. The van der Waals surface area contributed by atoms with Gasteiger partial charge in [-0.25, -0.2) is 23.7 Å². The topological polar surface area (TPSA) is 89.3 Å². The Hall–Kier alpha value is -4.01. The fourth-order valence-corrected chi connectivity index (χ4v) is 3.55. The number of pyridine rings is 2. The van der Waals surface area contributed by atoms with Gasteiger partial charge in [0.2, 0.25) is 0 Å². The van der Waals surface area contributed by atoms with E-state index in [1.807, 2.05) is 6.07 Å². The van der Waals surface area contributed by atoms with Crippen molar-refractivity contribution in [2.45, 2.75) is 13.5 Å². The minimum Gasteiger partial charge on any atom is -0.319 e. The van der Waals surface area contributed by atoms with Gasteiger partial charge >= 0.3 is 0 Å². The Bertz CT molecular complexity index is 1480. The van der Waals surface area contributed by atoms with Gasteiger partial charge in [0, 0.05) is 41.3 Å². The van der Waals surface area contributed by atoms with E-state index in [4.69, 9.17) is 0 Å². The SMILES string of the molecule is Cc1c(Cn2c(-c3cccnc3)nc3nccnc32)c2ccc(F)c(F)c2[nH]c1=O. The van der Waals surface area contributed by atoms with E-state index in [0.29, 0.717) is 33.6 Å². The highest BCUT2D eigenvalue weighted by molar-refractivity contribution is 5.84. The van der Waals surface area contributed by atoms with Gasteiger partial charge in [-0.2, -0.15) is 0 Å². The van der Waals surface area contributed by atoms with Crippen LogP contribution < -0.4 is 5.56 Å². The van der Waals surface area contributed by atoms with Crippen molar-refractivity contribution < 1.29 is 8.78 Å². The third-order valence-corrected chi connectivity index (χ3v) is 5.07. The summed E-state index contributed by atoms with van der Waals surface area (Å²) in [6, 6.07) is 6.14. The molecule has 0 bridgehead atoms. The number of aromatic amines is 1. The number of H-pyrrole nitrogens is 1. The lowest BCUT2D eigenvalue weighted by Gasteiger charge is -2.14. The monoisotopic (exact) mass is 404 g/mol. The zero-order chi connectivity index (χ0) is 20.8. The summed E-state index contributed by atoms with van der Waals surface area (Å²) in [7, 11) is 0. The van der Waals surface area contributed by atoms with Crippen LogP contribution in [0, 0.1) is 18.6 Å². The van der Waals surface area contributed by atoms with Crippen LogP contribution in [0.3, 0.4) is 0 Å². The van der Waals surface area contributed by atoms with Crippen molar-refractivity contribution in [3.8, 4) is 11.4 Å². The quantitative estimate of drug-likeness (QED) is 0.498. The molecule has 1 aromatic carbocycles. The van der Waals surface area contributed by atoms with E-state index in [2.05, 4.69) is 24.9 Å². The minimum absolute atomic E-state index is 0.163. The fourth-order valence-electron chi connectivity index (χ4n) is 3.55. The third-order valence-electron chi connectivity index (χ3n) is 5.07. The van der Waals surface area contributed by atoms with Gasteiger partial charge in [-0.3, -0.25) is 9.78 Å². The van der Waals surface area contributed by atoms with E-state index in [1.165, 1.54) is 6.07 Å². The van der Waals surface area contributed by atoms with Crippen LogP contribution in [0.15, 0.2) is 53.8 Å². The summed E-state index contributed by atoms with van der Waals surface area (Å²) in [5.41, 5.74) is 1.96. The van der Waals surface area contributed by atoms with Crippen LogP contribution in [0.25, 0.3) is 33.6 Å². The van der Waals surface area contributed by atoms with Gasteiger partial charge < -0.3 is 9.55 Å². The number of rotatable bonds is 3. The largest absolute Gasteiger partial charge is 0.319 e. The Balaban J connectivity index is 1.80. The van der Waals surface area contributed by atoms with Crippen LogP contribution in [0.5, 0.6) is 0 Å². The molecule has 1 N–H and O–H groups in total. The molecule has 0 fully saturated rings. The summed E-state index contributed by atoms with van der Waals surface area (Å²) < 4.78 is 29.9. The number of imidazole rings is 1. The van der Waals surface area contributed by atoms with E-state index in [0.717, 1.165) is 11.6 Å². The zero-order valence-electron chi connectivity index (χ0n) is 15.7. The van der Waals surface area contributed by atoms with Gasteiger partial charge in [-0.15, -0.1) is 0 Å². The molecule has 5 rings (SSSR count). The molecule has 0 amide bonds. The number of hydrogen-bond donors (Lipinski definition) is 1. The summed E-state index contributed by atoms with van der Waals surface area (Å²) in [5.74, 6) is -1.56. The highest BCUT2D eigenvalue weighted by atomic mass is 19.2. The average Bonchev–Trinajstić information content (AvgIpc) is 3.13. The van der Waals surface area contributed by atoms with Crippen molar-refractivity contribution in [3.63, 3.8) is 0 Å². The van der Waals surface area contributed by atoms with Crippen LogP contribution in [0.2, 0.25) is 0 Å². The molecule has 0 radical (unpaired) electrons. The van der Waals surface area contributed by atoms with Gasteiger partial charge in [-0.1, -0.05) is 0 Å². The Morgan fingerprint density at radius 2 is 1.93 bits per heavy atom. The van der Waals surface area contributed by atoms with Crippen molar-refractivity contribution in [1.82, 2.24) is 29.5 Å². The second kappa shape index (κ2) is 6.80. The number of fused-ring (bicyclic) bond motifs is 2. The van der Waals surface area contributed by atoms with Crippen molar-refractivity contribution in [2.75, 3.05) is 0 Å². The molecule has 148 valence electrons. The van der Waals surface area contributed by atoms with Crippen molar-refractivity contribution >= 4 is 22.2 Å². The van der Waals surface area contributed by atoms with Crippen molar-refractivity contribution in [1.29, 1.82) is 0 Å². The minimum atomic E-state index is -1.09. The summed E-state index contributed by atoms with van der Waals surface area (Å²) in [4.78, 5) is 32.3. The molecule has 0 unspecified atom stereocenters. The molecule has 4 aromatic heterocycles. The molecule has 0 aliphatic carbocycles. The third kappa shape index (κ3) is 2.74. The van der Waals surface area contributed by atoms with Crippen LogP contribution >= 0.6 is 0 Å². The Morgan fingerprint density at radius 1 is 1.10 bits per heavy atom. The van der Waals surface area contributed by atoms with E-state index >= 15 is 0 Å². The maximum absolute atomic E-state index is 14.4. The highest BCUT2D eigenvalue weighted by Gasteiger charge is 2.20. The summed E-state index contributed by atoms with van der Waals surface area (Å²) in [6.07, 6.45) is 6.40. The van der Waals surface area contributed by atoms with E-state index in [1.54, 1.807) is 42.3 Å². The predicted octanol–water partition coefficient (Wildman–Crippen LogP) is 3.36. The first-order valence-corrected chi connectivity index (χ1v) is 9.11. The number of aromatic nitrogens is 6. The van der Waals surface area contributed by atoms with Crippen molar-refractivity contribution in [3.05, 3.63) is 82.2 Å². The van der Waals surface area contributed by atoms with Crippen LogP contribution in [-0.2, 0) is 6.54 Å². The second-order valence-corrected chi connectivity index (χ2v) is 6.81. The number of halogens is 2. The average molecular weight is 404 g/mol.